The lowest BCUT2D eigenvalue weighted by atomic mass is 10.1. The van der Waals surface area contributed by atoms with Crippen molar-refractivity contribution >= 4 is 34.7 Å². The molecular weight excluding hydrogens is 296 g/mol. The van der Waals surface area contributed by atoms with Crippen molar-refractivity contribution in [1.29, 1.82) is 0 Å². The maximum atomic E-state index is 11.5. The van der Waals surface area contributed by atoms with Crippen LogP contribution in [0.2, 0.25) is 5.02 Å². The minimum absolute atomic E-state index is 0.0911. The number of ether oxygens (including phenoxy) is 1. The van der Waals surface area contributed by atoms with E-state index >= 15 is 0 Å². The second-order valence-corrected chi connectivity index (χ2v) is 5.53. The molecule has 1 unspecified atom stereocenters. The number of carbonyl (C=O) groups is 1. The van der Waals surface area contributed by atoms with Crippen LogP contribution < -0.4 is 4.90 Å². The van der Waals surface area contributed by atoms with Crippen molar-refractivity contribution in [2.75, 3.05) is 24.7 Å². The van der Waals surface area contributed by atoms with Gasteiger partial charge in [-0.1, -0.05) is 11.6 Å². The minimum Gasteiger partial charge on any atom is -0.478 e. The van der Waals surface area contributed by atoms with Crippen LogP contribution in [0.25, 0.3) is 11.1 Å². The van der Waals surface area contributed by atoms with Crippen LogP contribution in [0, 0.1) is 6.92 Å². The molecule has 21 heavy (non-hydrogen) atoms. The van der Waals surface area contributed by atoms with Crippen LogP contribution in [-0.4, -0.2) is 41.9 Å². The lowest BCUT2D eigenvalue weighted by Gasteiger charge is -2.31. The Bertz CT molecular complexity index is 713. The molecule has 1 N–H and O–H groups in total. The van der Waals surface area contributed by atoms with Gasteiger partial charge in [0.15, 0.2) is 5.58 Å². The second-order valence-electron chi connectivity index (χ2n) is 5.12. The van der Waals surface area contributed by atoms with E-state index in [9.17, 15) is 9.90 Å². The lowest BCUT2D eigenvalue weighted by Crippen LogP contribution is -2.43. The van der Waals surface area contributed by atoms with E-state index in [4.69, 9.17) is 20.8 Å². The van der Waals surface area contributed by atoms with Crippen molar-refractivity contribution in [3.63, 3.8) is 0 Å². The molecule has 7 heteroatoms. The number of carboxylic acid groups (broad SMARTS) is 1. The van der Waals surface area contributed by atoms with E-state index in [1.165, 1.54) is 0 Å². The number of hydrogen-bond donors (Lipinski definition) is 1. The smallest absolute Gasteiger partial charge is 0.338 e. The molecule has 0 radical (unpaired) electrons. The Labute approximate surface area is 126 Å². The highest BCUT2D eigenvalue weighted by Crippen LogP contribution is 2.32. The number of hydrogen-bond acceptors (Lipinski definition) is 5. The van der Waals surface area contributed by atoms with Gasteiger partial charge < -0.3 is 19.2 Å². The van der Waals surface area contributed by atoms with Crippen molar-refractivity contribution in [1.82, 2.24) is 4.98 Å². The van der Waals surface area contributed by atoms with Crippen LogP contribution in [0.5, 0.6) is 0 Å². The zero-order valence-electron chi connectivity index (χ0n) is 11.7. The number of morpholine rings is 1. The number of oxazole rings is 1. The Morgan fingerprint density at radius 1 is 1.57 bits per heavy atom. The molecular formula is C14H15ClN2O4. The highest BCUT2D eigenvalue weighted by Gasteiger charge is 2.26. The SMILES string of the molecule is Cc1c(Cl)cc2oc(N3CCOCC3C)nc2c1C(=O)O. The fourth-order valence-electron chi connectivity index (χ4n) is 2.51. The summed E-state index contributed by atoms with van der Waals surface area (Å²) in [6, 6.07) is 2.14. The third-order valence-electron chi connectivity index (χ3n) is 3.70. The molecule has 0 spiro atoms. The number of carboxylic acids is 1. The summed E-state index contributed by atoms with van der Waals surface area (Å²) in [6.07, 6.45) is 0. The molecule has 1 fully saturated rings. The number of anilines is 1. The summed E-state index contributed by atoms with van der Waals surface area (Å²) in [4.78, 5) is 17.8. The second kappa shape index (κ2) is 5.20. The number of aromatic nitrogens is 1. The topological polar surface area (TPSA) is 75.8 Å². The van der Waals surface area contributed by atoms with Gasteiger partial charge in [0.2, 0.25) is 0 Å². The Morgan fingerprint density at radius 2 is 2.33 bits per heavy atom. The van der Waals surface area contributed by atoms with E-state index in [1.54, 1.807) is 13.0 Å². The van der Waals surface area contributed by atoms with Crippen LogP contribution in [0.1, 0.15) is 22.8 Å². The Hall–Kier alpha value is -1.79. The first-order valence-corrected chi connectivity index (χ1v) is 7.04. The van der Waals surface area contributed by atoms with Crippen LogP contribution in [0.4, 0.5) is 6.01 Å². The maximum absolute atomic E-state index is 11.5. The minimum atomic E-state index is -1.06. The van der Waals surface area contributed by atoms with E-state index in [2.05, 4.69) is 4.98 Å². The molecule has 0 saturated carbocycles. The normalized spacial score (nSPS) is 19.2. The first-order chi connectivity index (χ1) is 9.99. The van der Waals surface area contributed by atoms with Gasteiger partial charge in [-0.3, -0.25) is 0 Å². The quantitative estimate of drug-likeness (QED) is 0.919. The molecule has 1 saturated heterocycles. The predicted octanol–water partition coefficient (Wildman–Crippen LogP) is 2.71. The first-order valence-electron chi connectivity index (χ1n) is 6.66. The third kappa shape index (κ3) is 2.34. The highest BCUT2D eigenvalue weighted by molar-refractivity contribution is 6.32. The van der Waals surface area contributed by atoms with E-state index in [0.29, 0.717) is 47.5 Å². The molecule has 0 bridgehead atoms. The van der Waals surface area contributed by atoms with Gasteiger partial charge in [-0.25, -0.2) is 4.79 Å². The summed E-state index contributed by atoms with van der Waals surface area (Å²) in [7, 11) is 0. The van der Waals surface area contributed by atoms with Gasteiger partial charge in [-0.15, -0.1) is 0 Å². The number of fused-ring (bicyclic) bond motifs is 1. The molecule has 0 amide bonds. The summed E-state index contributed by atoms with van der Waals surface area (Å²) in [5.41, 5.74) is 1.30. The number of halogens is 1. The number of rotatable bonds is 2. The Balaban J connectivity index is 2.15. The van der Waals surface area contributed by atoms with Crippen molar-refractivity contribution in [2.45, 2.75) is 19.9 Å². The van der Waals surface area contributed by atoms with Gasteiger partial charge in [0.1, 0.15) is 5.52 Å². The van der Waals surface area contributed by atoms with Gasteiger partial charge >= 0.3 is 5.97 Å². The van der Waals surface area contributed by atoms with Gasteiger partial charge in [-0.2, -0.15) is 4.98 Å². The lowest BCUT2D eigenvalue weighted by molar-refractivity contribution is 0.0698. The summed E-state index contributed by atoms with van der Waals surface area (Å²) in [5, 5.41) is 9.74. The van der Waals surface area contributed by atoms with E-state index in [0.717, 1.165) is 0 Å². The van der Waals surface area contributed by atoms with Crippen molar-refractivity contribution in [3.05, 3.63) is 22.2 Å². The predicted molar refractivity (Wildman–Crippen MR) is 78.3 cm³/mol. The molecule has 1 aromatic carbocycles. The fraction of sp³-hybridized carbons (Fsp3) is 0.429. The standard InChI is InChI=1S/C14H15ClN2O4/c1-7-6-20-4-3-17(7)14-16-12-10(21-14)5-9(15)8(2)11(12)13(18)19/h5,7H,3-4,6H2,1-2H3,(H,18,19). The molecule has 1 aromatic heterocycles. The molecule has 6 nitrogen and oxygen atoms in total. The average Bonchev–Trinajstić information content (AvgIpc) is 2.82. The fourth-order valence-corrected chi connectivity index (χ4v) is 2.71. The third-order valence-corrected chi connectivity index (χ3v) is 4.09. The van der Waals surface area contributed by atoms with Crippen LogP contribution in [0.15, 0.2) is 10.5 Å². The summed E-state index contributed by atoms with van der Waals surface area (Å²) in [5.74, 6) is -1.06. The average molecular weight is 311 g/mol. The molecule has 1 aliphatic heterocycles. The molecule has 2 heterocycles. The summed E-state index contributed by atoms with van der Waals surface area (Å²) >= 11 is 6.08. The first kappa shape index (κ1) is 14.2. The maximum Gasteiger partial charge on any atom is 0.338 e. The number of benzene rings is 1. The Morgan fingerprint density at radius 3 is 3.00 bits per heavy atom. The zero-order valence-corrected chi connectivity index (χ0v) is 12.5. The molecule has 1 aliphatic rings. The van der Waals surface area contributed by atoms with Gasteiger partial charge in [-0.05, 0) is 19.4 Å². The zero-order chi connectivity index (χ0) is 15.1. The van der Waals surface area contributed by atoms with E-state index in [-0.39, 0.29) is 11.6 Å². The summed E-state index contributed by atoms with van der Waals surface area (Å²) < 4.78 is 11.1. The van der Waals surface area contributed by atoms with Crippen LogP contribution >= 0.6 is 11.6 Å². The van der Waals surface area contributed by atoms with Gasteiger partial charge in [0, 0.05) is 17.6 Å². The molecule has 2 aromatic rings. The molecule has 3 rings (SSSR count). The van der Waals surface area contributed by atoms with Gasteiger partial charge in [0.25, 0.3) is 6.01 Å². The van der Waals surface area contributed by atoms with Crippen molar-refractivity contribution in [2.24, 2.45) is 0 Å². The van der Waals surface area contributed by atoms with E-state index in [1.807, 2.05) is 11.8 Å². The largest absolute Gasteiger partial charge is 0.478 e. The monoisotopic (exact) mass is 310 g/mol. The molecule has 112 valence electrons. The van der Waals surface area contributed by atoms with Crippen LogP contribution in [-0.2, 0) is 4.74 Å². The number of aromatic carboxylic acids is 1. The molecule has 0 aliphatic carbocycles. The Kier molecular flexibility index (Phi) is 3.51. The number of nitrogens with zero attached hydrogens (tertiary/aromatic N) is 2. The van der Waals surface area contributed by atoms with Crippen LogP contribution in [0.3, 0.4) is 0 Å². The van der Waals surface area contributed by atoms with Crippen molar-refractivity contribution in [3.8, 4) is 0 Å². The van der Waals surface area contributed by atoms with Gasteiger partial charge in [0.05, 0.1) is 24.8 Å². The van der Waals surface area contributed by atoms with Crippen molar-refractivity contribution < 1.29 is 19.1 Å². The molecule has 1 atom stereocenters. The van der Waals surface area contributed by atoms with E-state index < -0.39 is 5.97 Å². The summed E-state index contributed by atoms with van der Waals surface area (Å²) in [6.45, 7) is 5.50. The highest BCUT2D eigenvalue weighted by atomic mass is 35.5.